The molecule has 1 aromatic rings. The third-order valence-corrected chi connectivity index (χ3v) is 7.07. The summed E-state index contributed by atoms with van der Waals surface area (Å²) in [6.07, 6.45) is -2.65. The number of alkyl halides is 2. The van der Waals surface area contributed by atoms with Crippen LogP contribution in [0.1, 0.15) is 58.8 Å². The molecule has 1 saturated heterocycles. The zero-order chi connectivity index (χ0) is 31.2. The molecule has 3 rings (SSSR count). The second kappa shape index (κ2) is 14.1. The number of hydrogen-bond donors (Lipinski definition) is 3. The van der Waals surface area contributed by atoms with Gasteiger partial charge in [0.1, 0.15) is 18.8 Å². The lowest BCUT2D eigenvalue weighted by Crippen LogP contribution is -2.53. The number of benzene rings is 1. The molecule has 1 saturated carbocycles. The van der Waals surface area contributed by atoms with Crippen LogP contribution in [0.5, 0.6) is 5.75 Å². The molecule has 9 nitrogen and oxygen atoms in total. The largest absolute Gasteiger partial charge is 0.479 e. The van der Waals surface area contributed by atoms with Gasteiger partial charge in [-0.1, -0.05) is 13.8 Å². The van der Waals surface area contributed by atoms with Crippen LogP contribution in [0.25, 0.3) is 0 Å². The van der Waals surface area contributed by atoms with E-state index in [0.29, 0.717) is 13.0 Å². The fourth-order valence-electron chi connectivity index (χ4n) is 4.78. The second-order valence-corrected chi connectivity index (χ2v) is 10.9. The smallest absolute Gasteiger partial charge is 0.408 e. The van der Waals surface area contributed by atoms with E-state index in [-0.39, 0.29) is 37.7 Å². The van der Waals surface area contributed by atoms with Crippen LogP contribution in [-0.4, -0.2) is 61.0 Å². The third kappa shape index (κ3) is 8.99. The number of alkyl carbamates (subject to hydrolysis) is 1. The van der Waals surface area contributed by atoms with Crippen molar-refractivity contribution in [3.05, 3.63) is 29.3 Å². The van der Waals surface area contributed by atoms with Crippen molar-refractivity contribution in [2.75, 3.05) is 13.2 Å². The molecule has 2 aliphatic rings. The monoisotopic (exact) mass is 609 g/mol. The summed E-state index contributed by atoms with van der Waals surface area (Å²) in [6, 6.07) is -2.73. The Kier molecular flexibility index (Phi) is 11.1. The molecule has 0 unspecified atom stereocenters. The van der Waals surface area contributed by atoms with Crippen LogP contribution in [0.2, 0.25) is 0 Å². The SMILES string of the molecule is CC(C)C[C@H](NC(=O)OC1CCC(F)(F)CC1)C(=O)N[C@@H](C[C@@H]1CCNC1=O)C(=O)COc1c(F)c(F)cc(F)c1F. The van der Waals surface area contributed by atoms with Crippen LogP contribution in [0.3, 0.4) is 0 Å². The first kappa shape index (κ1) is 33.0. The van der Waals surface area contributed by atoms with Crippen molar-refractivity contribution >= 4 is 23.7 Å². The van der Waals surface area contributed by atoms with E-state index in [4.69, 9.17) is 9.47 Å². The average Bonchev–Trinajstić information content (AvgIpc) is 3.31. The molecule has 234 valence electrons. The minimum Gasteiger partial charge on any atom is -0.479 e. The number of amides is 3. The van der Waals surface area contributed by atoms with E-state index in [2.05, 4.69) is 16.0 Å². The van der Waals surface area contributed by atoms with Gasteiger partial charge in [0.25, 0.3) is 0 Å². The van der Waals surface area contributed by atoms with Gasteiger partial charge >= 0.3 is 6.09 Å². The van der Waals surface area contributed by atoms with Crippen LogP contribution in [0.4, 0.5) is 31.1 Å². The normalized spacial score (nSPS) is 20.0. The second-order valence-electron chi connectivity index (χ2n) is 10.9. The van der Waals surface area contributed by atoms with Crippen LogP contribution >= 0.6 is 0 Å². The summed E-state index contributed by atoms with van der Waals surface area (Å²) < 4.78 is 91.9. The van der Waals surface area contributed by atoms with Gasteiger partial charge in [0, 0.05) is 31.4 Å². The van der Waals surface area contributed by atoms with Crippen LogP contribution in [0.15, 0.2) is 6.07 Å². The van der Waals surface area contributed by atoms with Crippen molar-refractivity contribution in [1.82, 2.24) is 16.0 Å². The molecule has 0 radical (unpaired) electrons. The molecule has 1 aliphatic carbocycles. The Morgan fingerprint density at radius 2 is 1.62 bits per heavy atom. The first-order chi connectivity index (χ1) is 19.7. The molecule has 3 amide bonds. The average molecular weight is 610 g/mol. The van der Waals surface area contributed by atoms with E-state index in [9.17, 15) is 45.5 Å². The number of carbonyl (C=O) groups excluding carboxylic acids is 4. The van der Waals surface area contributed by atoms with Crippen molar-refractivity contribution in [1.29, 1.82) is 0 Å². The number of ether oxygens (including phenoxy) is 2. The number of carbonyl (C=O) groups is 4. The van der Waals surface area contributed by atoms with Crippen molar-refractivity contribution in [2.45, 2.75) is 82.9 Å². The fraction of sp³-hybridized carbons (Fsp3) is 0.630. The Morgan fingerprint density at radius 1 is 1.00 bits per heavy atom. The molecule has 3 N–H and O–H groups in total. The van der Waals surface area contributed by atoms with Crippen molar-refractivity contribution in [3.8, 4) is 5.75 Å². The highest BCUT2D eigenvalue weighted by atomic mass is 19.3. The molecule has 2 fully saturated rings. The van der Waals surface area contributed by atoms with E-state index in [1.807, 2.05) is 0 Å². The number of ketones is 1. The molecule has 42 heavy (non-hydrogen) atoms. The number of hydrogen-bond acceptors (Lipinski definition) is 6. The maximum Gasteiger partial charge on any atom is 0.408 e. The van der Waals surface area contributed by atoms with E-state index in [0.717, 1.165) is 0 Å². The highest BCUT2D eigenvalue weighted by Gasteiger charge is 2.37. The number of nitrogens with one attached hydrogen (secondary N) is 3. The van der Waals surface area contributed by atoms with Gasteiger partial charge in [0.05, 0.1) is 6.04 Å². The number of rotatable bonds is 12. The molecule has 15 heteroatoms. The zero-order valence-electron chi connectivity index (χ0n) is 23.0. The number of Topliss-reactive ketones (excluding diaryl/α,β-unsaturated/α-hetero) is 1. The van der Waals surface area contributed by atoms with Gasteiger partial charge in [-0.3, -0.25) is 14.4 Å². The first-order valence-electron chi connectivity index (χ1n) is 13.6. The van der Waals surface area contributed by atoms with Gasteiger partial charge in [-0.05, 0) is 38.0 Å². The maximum absolute atomic E-state index is 14.0. The Bertz CT molecular complexity index is 1150. The highest BCUT2D eigenvalue weighted by molar-refractivity contribution is 5.93. The maximum atomic E-state index is 14.0. The van der Waals surface area contributed by atoms with Crippen LogP contribution in [0, 0.1) is 35.1 Å². The lowest BCUT2D eigenvalue weighted by Gasteiger charge is -2.29. The Balaban J connectivity index is 1.71. The quantitative estimate of drug-likeness (QED) is 0.244. The van der Waals surface area contributed by atoms with Crippen LogP contribution < -0.4 is 20.7 Å². The van der Waals surface area contributed by atoms with Gasteiger partial charge < -0.3 is 25.4 Å². The summed E-state index contributed by atoms with van der Waals surface area (Å²) in [5.41, 5.74) is 0. The van der Waals surface area contributed by atoms with Gasteiger partial charge in [-0.15, -0.1) is 0 Å². The standard InChI is InChI=1S/C27H33F6N3O6/c1-13(2)9-19(36-26(40)42-15-3-6-27(32,33)7-4-15)25(39)35-18(10-14-5-8-34-24(14)38)20(37)12-41-23-21(30)16(28)11-17(29)22(23)31/h11,13-15,18-19H,3-10,12H2,1-2H3,(H,34,38)(H,35,39)(H,36,40)/t14-,18-,19-/m0/s1. The number of halogens is 6. The molecule has 1 aromatic carbocycles. The van der Waals surface area contributed by atoms with E-state index in [1.54, 1.807) is 13.8 Å². The molecule has 0 aromatic heterocycles. The molecular formula is C27H33F6N3O6. The highest BCUT2D eigenvalue weighted by Crippen LogP contribution is 2.34. The Morgan fingerprint density at radius 3 is 2.17 bits per heavy atom. The lowest BCUT2D eigenvalue weighted by molar-refractivity contribution is -0.131. The van der Waals surface area contributed by atoms with Gasteiger partial charge in [-0.25, -0.2) is 22.4 Å². The van der Waals surface area contributed by atoms with Crippen LogP contribution in [-0.2, 0) is 19.1 Å². The summed E-state index contributed by atoms with van der Waals surface area (Å²) in [5, 5.41) is 7.38. The molecule has 0 spiro atoms. The third-order valence-electron chi connectivity index (χ3n) is 7.07. The Hall–Kier alpha value is -3.52. The Labute approximate surface area is 238 Å². The minimum atomic E-state index is -2.84. The van der Waals surface area contributed by atoms with E-state index < -0.39 is 102 Å². The summed E-state index contributed by atoms with van der Waals surface area (Å²) in [7, 11) is 0. The topological polar surface area (TPSA) is 123 Å². The van der Waals surface area contributed by atoms with Crippen molar-refractivity contribution in [3.63, 3.8) is 0 Å². The summed E-state index contributed by atoms with van der Waals surface area (Å²) in [6.45, 7) is 2.69. The molecule has 1 heterocycles. The van der Waals surface area contributed by atoms with E-state index >= 15 is 0 Å². The predicted octanol–water partition coefficient (Wildman–Crippen LogP) is 3.92. The summed E-state index contributed by atoms with van der Waals surface area (Å²) >= 11 is 0. The predicted molar refractivity (Wildman–Crippen MR) is 135 cm³/mol. The molecule has 0 bridgehead atoms. The zero-order valence-corrected chi connectivity index (χ0v) is 23.0. The van der Waals surface area contributed by atoms with E-state index in [1.165, 1.54) is 0 Å². The molecular weight excluding hydrogens is 576 g/mol. The molecule has 1 aliphatic heterocycles. The first-order valence-corrected chi connectivity index (χ1v) is 13.6. The summed E-state index contributed by atoms with van der Waals surface area (Å²) in [5.74, 6) is -14.6. The van der Waals surface area contributed by atoms with Gasteiger partial charge in [0.2, 0.25) is 29.4 Å². The minimum absolute atomic E-state index is 0.0303. The van der Waals surface area contributed by atoms with Gasteiger partial charge in [0.15, 0.2) is 23.2 Å². The fourth-order valence-corrected chi connectivity index (χ4v) is 4.78. The molecule has 3 atom stereocenters. The van der Waals surface area contributed by atoms with Crippen molar-refractivity contribution in [2.24, 2.45) is 11.8 Å². The summed E-state index contributed by atoms with van der Waals surface area (Å²) in [4.78, 5) is 50.9. The van der Waals surface area contributed by atoms with Gasteiger partial charge in [-0.2, -0.15) is 8.78 Å². The lowest BCUT2D eigenvalue weighted by atomic mass is 9.94. The van der Waals surface area contributed by atoms with Crippen molar-refractivity contribution < 1.29 is 55.0 Å².